The molecule has 16 heavy (non-hydrogen) atoms. The molecule has 88 valence electrons. The van der Waals surface area contributed by atoms with Crippen LogP contribution in [0, 0.1) is 0 Å². The number of piperidine rings is 1. The van der Waals surface area contributed by atoms with Crippen LogP contribution >= 0.6 is 11.6 Å². The van der Waals surface area contributed by atoms with Crippen molar-refractivity contribution in [3.63, 3.8) is 0 Å². The van der Waals surface area contributed by atoms with Crippen LogP contribution in [0.1, 0.15) is 44.2 Å². The zero-order valence-corrected chi connectivity index (χ0v) is 10.7. The summed E-state index contributed by atoms with van der Waals surface area (Å²) >= 11 is 6.29. The molecule has 1 heterocycles. The number of hydrogen-bond acceptors (Lipinski definition) is 1. The normalized spacial score (nSPS) is 19.6. The van der Waals surface area contributed by atoms with Crippen LogP contribution in [0.5, 0.6) is 0 Å². The van der Waals surface area contributed by atoms with Gasteiger partial charge in [-0.15, -0.1) is 0 Å². The third-order valence-corrected chi connectivity index (χ3v) is 3.83. The molecule has 1 aliphatic rings. The van der Waals surface area contributed by atoms with Gasteiger partial charge in [0.15, 0.2) is 0 Å². The van der Waals surface area contributed by atoms with Crippen molar-refractivity contribution in [2.75, 3.05) is 13.1 Å². The van der Waals surface area contributed by atoms with E-state index in [1.807, 2.05) is 12.1 Å². The first-order valence-electron chi connectivity index (χ1n) is 6.31. The smallest absolute Gasteiger partial charge is 0.0453 e. The number of likely N-dealkylation sites (tertiary alicyclic amines) is 1. The average molecular weight is 238 g/mol. The van der Waals surface area contributed by atoms with Crippen molar-refractivity contribution >= 4 is 11.6 Å². The number of rotatable bonds is 3. The molecule has 0 amide bonds. The molecule has 0 N–H and O–H groups in total. The van der Waals surface area contributed by atoms with E-state index in [-0.39, 0.29) is 0 Å². The third-order valence-electron chi connectivity index (χ3n) is 3.48. The standard InChI is InChI=1S/C14H20ClN/c1-2-14(16-10-6-3-7-11-16)12-8-4-5-9-13(12)15/h4-5,8-9,14H,2-3,6-7,10-11H2,1H3/t14-/m1/s1. The third kappa shape index (κ3) is 2.58. The molecular formula is C14H20ClN. The van der Waals surface area contributed by atoms with Gasteiger partial charge >= 0.3 is 0 Å². The molecular weight excluding hydrogens is 218 g/mol. The highest BCUT2D eigenvalue weighted by Crippen LogP contribution is 2.31. The second-order valence-corrected chi connectivity index (χ2v) is 4.95. The SMILES string of the molecule is CC[C@H](c1ccccc1Cl)N1CCCCC1. The minimum atomic E-state index is 0.508. The highest BCUT2D eigenvalue weighted by atomic mass is 35.5. The number of nitrogens with zero attached hydrogens (tertiary/aromatic N) is 1. The van der Waals surface area contributed by atoms with Gasteiger partial charge in [-0.05, 0) is 44.0 Å². The van der Waals surface area contributed by atoms with E-state index in [1.165, 1.54) is 37.9 Å². The summed E-state index contributed by atoms with van der Waals surface area (Å²) in [5.41, 5.74) is 1.30. The van der Waals surface area contributed by atoms with Crippen LogP contribution in [0.3, 0.4) is 0 Å². The Morgan fingerprint density at radius 1 is 1.19 bits per heavy atom. The zero-order chi connectivity index (χ0) is 11.4. The van der Waals surface area contributed by atoms with Crippen LogP contribution in [-0.2, 0) is 0 Å². The molecule has 0 saturated carbocycles. The summed E-state index contributed by atoms with van der Waals surface area (Å²) in [5.74, 6) is 0. The topological polar surface area (TPSA) is 3.24 Å². The van der Waals surface area contributed by atoms with Crippen LogP contribution < -0.4 is 0 Å². The van der Waals surface area contributed by atoms with E-state index in [2.05, 4.69) is 24.0 Å². The number of hydrogen-bond donors (Lipinski definition) is 0. The summed E-state index contributed by atoms with van der Waals surface area (Å²) < 4.78 is 0. The fourth-order valence-corrected chi connectivity index (χ4v) is 2.91. The Labute approximate surface area is 103 Å². The van der Waals surface area contributed by atoms with Crippen molar-refractivity contribution in [1.82, 2.24) is 4.90 Å². The molecule has 1 saturated heterocycles. The fraction of sp³-hybridized carbons (Fsp3) is 0.571. The molecule has 0 radical (unpaired) electrons. The molecule has 1 nitrogen and oxygen atoms in total. The van der Waals surface area contributed by atoms with Crippen molar-refractivity contribution < 1.29 is 0 Å². The van der Waals surface area contributed by atoms with Gasteiger partial charge in [-0.2, -0.15) is 0 Å². The van der Waals surface area contributed by atoms with Crippen LogP contribution in [0.2, 0.25) is 5.02 Å². The first-order chi connectivity index (χ1) is 7.83. The van der Waals surface area contributed by atoms with Crippen LogP contribution in [-0.4, -0.2) is 18.0 Å². The van der Waals surface area contributed by atoms with E-state index in [0.717, 1.165) is 11.4 Å². The monoisotopic (exact) mass is 237 g/mol. The van der Waals surface area contributed by atoms with Gasteiger partial charge in [-0.3, -0.25) is 4.90 Å². The summed E-state index contributed by atoms with van der Waals surface area (Å²) in [6, 6.07) is 8.78. The maximum Gasteiger partial charge on any atom is 0.0453 e. The molecule has 0 bridgehead atoms. The Balaban J connectivity index is 2.18. The van der Waals surface area contributed by atoms with Crippen molar-refractivity contribution in [3.05, 3.63) is 34.9 Å². The second-order valence-electron chi connectivity index (χ2n) is 4.54. The molecule has 0 aliphatic carbocycles. The van der Waals surface area contributed by atoms with Gasteiger partial charge in [0, 0.05) is 11.1 Å². The van der Waals surface area contributed by atoms with E-state index in [4.69, 9.17) is 11.6 Å². The molecule has 2 rings (SSSR count). The van der Waals surface area contributed by atoms with Gasteiger partial charge < -0.3 is 0 Å². The van der Waals surface area contributed by atoms with Gasteiger partial charge in [0.1, 0.15) is 0 Å². The van der Waals surface area contributed by atoms with Crippen LogP contribution in [0.15, 0.2) is 24.3 Å². The van der Waals surface area contributed by atoms with Crippen molar-refractivity contribution in [1.29, 1.82) is 0 Å². The first-order valence-corrected chi connectivity index (χ1v) is 6.69. The lowest BCUT2D eigenvalue weighted by Crippen LogP contribution is -2.33. The molecule has 1 fully saturated rings. The molecule has 1 aromatic carbocycles. The first kappa shape index (κ1) is 11.9. The lowest BCUT2D eigenvalue weighted by molar-refractivity contribution is 0.159. The second kappa shape index (κ2) is 5.70. The molecule has 0 unspecified atom stereocenters. The molecule has 0 spiro atoms. The number of benzene rings is 1. The quantitative estimate of drug-likeness (QED) is 0.759. The van der Waals surface area contributed by atoms with E-state index in [9.17, 15) is 0 Å². The van der Waals surface area contributed by atoms with E-state index in [0.29, 0.717) is 6.04 Å². The van der Waals surface area contributed by atoms with E-state index in [1.54, 1.807) is 0 Å². The highest BCUT2D eigenvalue weighted by molar-refractivity contribution is 6.31. The van der Waals surface area contributed by atoms with Gasteiger partial charge in [0.2, 0.25) is 0 Å². The fourth-order valence-electron chi connectivity index (χ4n) is 2.65. The Kier molecular flexibility index (Phi) is 4.25. The zero-order valence-electron chi connectivity index (χ0n) is 9.95. The lowest BCUT2D eigenvalue weighted by atomic mass is 9.99. The Morgan fingerprint density at radius 2 is 1.88 bits per heavy atom. The van der Waals surface area contributed by atoms with Gasteiger partial charge in [0.25, 0.3) is 0 Å². The molecule has 2 heteroatoms. The lowest BCUT2D eigenvalue weighted by Gasteiger charge is -2.34. The summed E-state index contributed by atoms with van der Waals surface area (Å²) in [6.07, 6.45) is 5.20. The average Bonchev–Trinajstić information content (AvgIpc) is 2.34. The highest BCUT2D eigenvalue weighted by Gasteiger charge is 2.21. The Hall–Kier alpha value is -0.530. The Bertz CT molecular complexity index is 331. The van der Waals surface area contributed by atoms with E-state index >= 15 is 0 Å². The maximum absolute atomic E-state index is 6.29. The van der Waals surface area contributed by atoms with Gasteiger partial charge in [-0.25, -0.2) is 0 Å². The van der Waals surface area contributed by atoms with Crippen LogP contribution in [0.25, 0.3) is 0 Å². The minimum absolute atomic E-state index is 0.508. The largest absolute Gasteiger partial charge is 0.296 e. The van der Waals surface area contributed by atoms with Crippen molar-refractivity contribution in [2.45, 2.75) is 38.6 Å². The predicted molar refractivity (Wildman–Crippen MR) is 69.9 cm³/mol. The number of halogens is 1. The van der Waals surface area contributed by atoms with Gasteiger partial charge in [0.05, 0.1) is 0 Å². The summed E-state index contributed by atoms with van der Waals surface area (Å²) in [5, 5.41) is 0.917. The summed E-state index contributed by atoms with van der Waals surface area (Å²) in [6.45, 7) is 4.70. The van der Waals surface area contributed by atoms with Crippen LogP contribution in [0.4, 0.5) is 0 Å². The summed E-state index contributed by atoms with van der Waals surface area (Å²) in [7, 11) is 0. The molecule has 0 aromatic heterocycles. The molecule has 1 aromatic rings. The minimum Gasteiger partial charge on any atom is -0.296 e. The van der Waals surface area contributed by atoms with Crippen molar-refractivity contribution in [2.24, 2.45) is 0 Å². The maximum atomic E-state index is 6.29. The Morgan fingerprint density at radius 3 is 2.50 bits per heavy atom. The molecule has 1 aliphatic heterocycles. The van der Waals surface area contributed by atoms with E-state index < -0.39 is 0 Å². The predicted octanol–water partition coefficient (Wildman–Crippen LogP) is 4.28. The summed E-state index contributed by atoms with van der Waals surface area (Å²) in [4.78, 5) is 2.59. The van der Waals surface area contributed by atoms with Gasteiger partial charge in [-0.1, -0.05) is 43.1 Å². The van der Waals surface area contributed by atoms with Crippen molar-refractivity contribution in [3.8, 4) is 0 Å². The molecule has 1 atom stereocenters.